The summed E-state index contributed by atoms with van der Waals surface area (Å²) < 4.78 is 27.6. The fraction of sp³-hybridized carbons (Fsp3) is 0.480. The number of carbonyl (C=O) groups is 1. The van der Waals surface area contributed by atoms with Crippen LogP contribution in [0.2, 0.25) is 0 Å². The fourth-order valence-electron chi connectivity index (χ4n) is 5.50. The normalized spacial score (nSPS) is 23.2. The smallest absolute Gasteiger partial charge is 0.222 e. The van der Waals surface area contributed by atoms with E-state index in [0.29, 0.717) is 6.42 Å². The Kier molecular flexibility index (Phi) is 6.11. The Hall–Kier alpha value is -2.51. The number of hydrogen-bond donors (Lipinski definition) is 1. The molecule has 0 aromatic heterocycles. The zero-order valence-electron chi connectivity index (χ0n) is 18.3. The third-order valence-electron chi connectivity index (χ3n) is 7.08. The third kappa shape index (κ3) is 4.24. The molecule has 5 rings (SSSR count). The van der Waals surface area contributed by atoms with Crippen molar-refractivity contribution >= 4 is 17.3 Å². The van der Waals surface area contributed by atoms with E-state index in [4.69, 9.17) is 0 Å². The number of benzene rings is 2. The number of anilines is 2. The number of likely N-dealkylation sites (tertiary alicyclic amines) is 1. The number of carbonyl (C=O) groups excluding carboxylic acids is 1. The van der Waals surface area contributed by atoms with E-state index in [1.54, 1.807) is 18.2 Å². The first-order chi connectivity index (χ1) is 15.6. The van der Waals surface area contributed by atoms with Crippen molar-refractivity contribution in [3.05, 3.63) is 59.7 Å². The Morgan fingerprint density at radius 1 is 1.00 bits per heavy atom. The number of piperazine rings is 1. The maximum absolute atomic E-state index is 14.1. The van der Waals surface area contributed by atoms with Gasteiger partial charge in [-0.25, -0.2) is 8.78 Å². The lowest BCUT2D eigenvalue weighted by atomic mass is 9.89. The van der Waals surface area contributed by atoms with Crippen molar-refractivity contribution in [2.24, 2.45) is 0 Å². The average molecular weight is 441 g/mol. The maximum Gasteiger partial charge on any atom is 0.222 e. The molecule has 170 valence electrons. The molecule has 0 aliphatic carbocycles. The molecule has 0 unspecified atom stereocenters. The number of rotatable bonds is 5. The topological polar surface area (TPSA) is 38.8 Å². The fourth-order valence-corrected chi connectivity index (χ4v) is 5.50. The molecule has 5 nitrogen and oxygen atoms in total. The van der Waals surface area contributed by atoms with Crippen LogP contribution in [-0.2, 0) is 4.79 Å². The predicted molar refractivity (Wildman–Crippen MR) is 121 cm³/mol. The Morgan fingerprint density at radius 2 is 1.75 bits per heavy atom. The average Bonchev–Trinajstić information content (AvgIpc) is 3.13. The van der Waals surface area contributed by atoms with Gasteiger partial charge in [0.05, 0.1) is 0 Å². The summed E-state index contributed by atoms with van der Waals surface area (Å²) in [5.74, 6) is -0.0308. The van der Waals surface area contributed by atoms with E-state index in [-0.39, 0.29) is 29.5 Å². The van der Waals surface area contributed by atoms with Crippen molar-refractivity contribution in [3.63, 3.8) is 0 Å². The molecule has 1 N–H and O–H groups in total. The van der Waals surface area contributed by atoms with Crippen molar-refractivity contribution in [1.82, 2.24) is 15.1 Å². The van der Waals surface area contributed by atoms with Gasteiger partial charge in [-0.05, 0) is 67.4 Å². The van der Waals surface area contributed by atoms with Crippen LogP contribution in [0.25, 0.3) is 0 Å². The second-order valence-corrected chi connectivity index (χ2v) is 9.05. The quantitative estimate of drug-likeness (QED) is 0.773. The Labute approximate surface area is 188 Å². The van der Waals surface area contributed by atoms with Crippen molar-refractivity contribution < 1.29 is 13.6 Å². The van der Waals surface area contributed by atoms with Gasteiger partial charge in [-0.3, -0.25) is 4.79 Å². The summed E-state index contributed by atoms with van der Waals surface area (Å²) in [5, 5.41) is 3.28. The molecule has 0 radical (unpaired) electrons. The van der Waals surface area contributed by atoms with Crippen molar-refractivity contribution in [3.8, 4) is 0 Å². The molecule has 0 bridgehead atoms. The molecule has 1 amide bonds. The highest BCUT2D eigenvalue weighted by Crippen LogP contribution is 2.48. The highest BCUT2D eigenvalue weighted by molar-refractivity contribution is 5.76. The van der Waals surface area contributed by atoms with Crippen molar-refractivity contribution in [2.75, 3.05) is 50.7 Å². The first-order valence-electron chi connectivity index (χ1n) is 11.7. The van der Waals surface area contributed by atoms with E-state index in [2.05, 4.69) is 15.1 Å². The summed E-state index contributed by atoms with van der Waals surface area (Å²) in [6.07, 6.45) is 2.37. The van der Waals surface area contributed by atoms with Crippen LogP contribution in [-0.4, -0.2) is 67.6 Å². The van der Waals surface area contributed by atoms with E-state index < -0.39 is 0 Å². The minimum Gasteiger partial charge on any atom is -0.340 e. The lowest BCUT2D eigenvalue weighted by Crippen LogP contribution is -2.47. The zero-order chi connectivity index (χ0) is 22.1. The number of amides is 1. The Morgan fingerprint density at radius 3 is 2.53 bits per heavy atom. The van der Waals surface area contributed by atoms with Gasteiger partial charge in [0.1, 0.15) is 11.6 Å². The van der Waals surface area contributed by atoms with Crippen LogP contribution in [0.15, 0.2) is 42.5 Å². The second-order valence-electron chi connectivity index (χ2n) is 9.05. The molecule has 0 saturated carbocycles. The molecule has 2 fully saturated rings. The molecular formula is C25H30F2N4O. The van der Waals surface area contributed by atoms with Crippen LogP contribution >= 0.6 is 0 Å². The lowest BCUT2D eigenvalue weighted by molar-refractivity contribution is -0.131. The minimum atomic E-state index is -0.256. The van der Waals surface area contributed by atoms with E-state index >= 15 is 0 Å². The molecule has 2 aromatic rings. The Bertz CT molecular complexity index is 961. The van der Waals surface area contributed by atoms with Crippen LogP contribution < -0.4 is 10.2 Å². The Balaban J connectivity index is 1.26. The molecular weight excluding hydrogens is 410 g/mol. The summed E-state index contributed by atoms with van der Waals surface area (Å²) in [4.78, 5) is 19.1. The molecule has 3 aliphatic heterocycles. The van der Waals surface area contributed by atoms with Gasteiger partial charge in [0.25, 0.3) is 0 Å². The number of hydrogen-bond acceptors (Lipinski definition) is 4. The summed E-state index contributed by atoms with van der Waals surface area (Å²) in [6.45, 7) is 6.02. The van der Waals surface area contributed by atoms with Crippen LogP contribution in [0.3, 0.4) is 0 Å². The summed E-state index contributed by atoms with van der Waals surface area (Å²) in [6, 6.07) is 11.8. The van der Waals surface area contributed by atoms with Gasteiger partial charge in [-0.15, -0.1) is 0 Å². The highest BCUT2D eigenvalue weighted by atomic mass is 19.1. The summed E-state index contributed by atoms with van der Waals surface area (Å²) in [7, 11) is 0. The van der Waals surface area contributed by atoms with E-state index in [1.807, 2.05) is 11.0 Å². The van der Waals surface area contributed by atoms with Gasteiger partial charge in [-0.1, -0.05) is 0 Å². The largest absolute Gasteiger partial charge is 0.340 e. The molecule has 3 heterocycles. The monoisotopic (exact) mass is 440 g/mol. The molecule has 2 atom stereocenters. The van der Waals surface area contributed by atoms with Crippen molar-refractivity contribution in [1.29, 1.82) is 0 Å². The number of nitrogens with zero attached hydrogens (tertiary/aromatic N) is 3. The van der Waals surface area contributed by atoms with E-state index in [0.717, 1.165) is 75.6 Å². The number of fused-ring (bicyclic) bond motifs is 3. The number of piperidine rings is 1. The van der Waals surface area contributed by atoms with Crippen LogP contribution in [0.5, 0.6) is 0 Å². The SMILES string of the molecule is O=C(CCCN1CC[C@@H]2[C@@H](C1)c1cc(F)ccc1N2c1ccc(F)cc1)N1CCNCC1. The minimum absolute atomic E-state index is 0.198. The van der Waals surface area contributed by atoms with Gasteiger partial charge in [0, 0.05) is 69.0 Å². The first kappa shape index (κ1) is 21.3. The van der Waals surface area contributed by atoms with Gasteiger partial charge < -0.3 is 20.0 Å². The molecule has 2 aromatic carbocycles. The zero-order valence-corrected chi connectivity index (χ0v) is 18.3. The molecule has 3 aliphatic rings. The predicted octanol–water partition coefficient (Wildman–Crippen LogP) is 3.49. The van der Waals surface area contributed by atoms with Crippen molar-refractivity contribution in [2.45, 2.75) is 31.2 Å². The van der Waals surface area contributed by atoms with Gasteiger partial charge in [0.2, 0.25) is 5.91 Å². The van der Waals surface area contributed by atoms with Crippen LogP contribution in [0, 0.1) is 11.6 Å². The van der Waals surface area contributed by atoms with Gasteiger partial charge in [-0.2, -0.15) is 0 Å². The number of nitrogens with one attached hydrogen (secondary N) is 1. The maximum atomic E-state index is 14.1. The van der Waals surface area contributed by atoms with E-state index in [1.165, 1.54) is 18.2 Å². The standard InChI is InChI=1S/C25H30F2N4O/c26-18-3-6-20(7-4-18)31-23-8-5-19(27)16-21(23)22-17-29(13-9-24(22)31)12-1-2-25(32)30-14-10-28-11-15-30/h3-8,16,22,24,28H,1-2,9-15,17H2/t22-,24+/m0/s1. The highest BCUT2D eigenvalue weighted by Gasteiger charge is 2.42. The second kappa shape index (κ2) is 9.16. The lowest BCUT2D eigenvalue weighted by Gasteiger charge is -2.39. The summed E-state index contributed by atoms with van der Waals surface area (Å²) in [5.41, 5.74) is 2.99. The number of halogens is 2. The van der Waals surface area contributed by atoms with Gasteiger partial charge >= 0.3 is 0 Å². The molecule has 0 spiro atoms. The van der Waals surface area contributed by atoms with Gasteiger partial charge in [0.15, 0.2) is 0 Å². The van der Waals surface area contributed by atoms with Crippen LogP contribution in [0.1, 0.15) is 30.7 Å². The summed E-state index contributed by atoms with van der Waals surface area (Å²) >= 11 is 0. The van der Waals surface area contributed by atoms with Crippen LogP contribution in [0.4, 0.5) is 20.2 Å². The van der Waals surface area contributed by atoms with E-state index in [9.17, 15) is 13.6 Å². The molecule has 32 heavy (non-hydrogen) atoms. The third-order valence-corrected chi connectivity index (χ3v) is 7.08. The molecule has 7 heteroatoms. The first-order valence-corrected chi connectivity index (χ1v) is 11.7. The molecule has 2 saturated heterocycles.